The number of nitrogens with one attached hydrogen (secondary N) is 2. The van der Waals surface area contributed by atoms with Crippen LogP contribution in [0, 0.1) is 11.3 Å². The van der Waals surface area contributed by atoms with E-state index in [2.05, 4.69) is 10.6 Å². The standard InChI is InChI=1S/C22H22N4O4/c1-22(2,3)30-21(29)25-17-13-26(18-7-5-4-6-16(18)24-19(17)27)20(28)15-10-8-14(12-23)9-11-15/h4-11,17H,13H2,1-3H3,(H,24,27)(H,25,29). The second-order valence-corrected chi connectivity index (χ2v) is 7.81. The van der Waals surface area contributed by atoms with Crippen molar-refractivity contribution in [1.29, 1.82) is 5.26 Å². The number of ether oxygens (including phenoxy) is 1. The summed E-state index contributed by atoms with van der Waals surface area (Å²) >= 11 is 0. The highest BCUT2D eigenvalue weighted by Crippen LogP contribution is 2.30. The molecule has 0 aliphatic carbocycles. The van der Waals surface area contributed by atoms with Crippen LogP contribution in [0.4, 0.5) is 16.2 Å². The van der Waals surface area contributed by atoms with Crippen LogP contribution >= 0.6 is 0 Å². The molecule has 0 radical (unpaired) electrons. The molecule has 30 heavy (non-hydrogen) atoms. The average Bonchev–Trinajstić information content (AvgIpc) is 2.82. The third kappa shape index (κ3) is 4.75. The van der Waals surface area contributed by atoms with Crippen molar-refractivity contribution < 1.29 is 19.1 Å². The van der Waals surface area contributed by atoms with Crippen LogP contribution in [0.15, 0.2) is 48.5 Å². The molecule has 2 aromatic rings. The number of fused-ring (bicyclic) bond motifs is 1. The van der Waals surface area contributed by atoms with E-state index < -0.39 is 23.6 Å². The summed E-state index contributed by atoms with van der Waals surface area (Å²) in [4.78, 5) is 39.6. The number of rotatable bonds is 2. The normalized spacial score (nSPS) is 15.9. The van der Waals surface area contributed by atoms with Crippen molar-refractivity contribution >= 4 is 29.3 Å². The summed E-state index contributed by atoms with van der Waals surface area (Å²) in [6, 6.07) is 14.1. The Bertz CT molecular complexity index is 1020. The lowest BCUT2D eigenvalue weighted by Gasteiger charge is -2.26. The molecule has 2 N–H and O–H groups in total. The van der Waals surface area contributed by atoms with Crippen LogP contribution < -0.4 is 15.5 Å². The van der Waals surface area contributed by atoms with Crippen molar-refractivity contribution in [3.05, 3.63) is 59.7 Å². The number of carbonyl (C=O) groups excluding carboxylic acids is 3. The molecular weight excluding hydrogens is 384 g/mol. The number of hydrogen-bond acceptors (Lipinski definition) is 5. The average molecular weight is 406 g/mol. The number of amides is 3. The highest BCUT2D eigenvalue weighted by atomic mass is 16.6. The van der Waals surface area contributed by atoms with Gasteiger partial charge in [0.05, 0.1) is 29.6 Å². The molecule has 0 saturated carbocycles. The summed E-state index contributed by atoms with van der Waals surface area (Å²) in [5, 5.41) is 14.3. The van der Waals surface area contributed by atoms with E-state index in [0.717, 1.165) is 0 Å². The van der Waals surface area contributed by atoms with Gasteiger partial charge in [0, 0.05) is 5.56 Å². The van der Waals surface area contributed by atoms with Gasteiger partial charge in [-0.2, -0.15) is 5.26 Å². The Labute approximate surface area is 174 Å². The lowest BCUT2D eigenvalue weighted by Crippen LogP contribution is -2.51. The number of para-hydroxylation sites is 2. The van der Waals surface area contributed by atoms with Gasteiger partial charge in [-0.3, -0.25) is 9.59 Å². The number of benzene rings is 2. The van der Waals surface area contributed by atoms with Crippen molar-refractivity contribution in [2.75, 3.05) is 16.8 Å². The fourth-order valence-corrected chi connectivity index (χ4v) is 2.99. The van der Waals surface area contributed by atoms with Crippen LogP contribution in [0.1, 0.15) is 36.7 Å². The van der Waals surface area contributed by atoms with E-state index in [9.17, 15) is 14.4 Å². The molecule has 0 aromatic heterocycles. The van der Waals surface area contributed by atoms with Gasteiger partial charge >= 0.3 is 6.09 Å². The third-order valence-corrected chi connectivity index (χ3v) is 4.33. The minimum absolute atomic E-state index is 0.0824. The molecule has 0 bridgehead atoms. The zero-order valence-electron chi connectivity index (χ0n) is 16.9. The smallest absolute Gasteiger partial charge is 0.408 e. The molecule has 0 spiro atoms. The number of hydrogen-bond donors (Lipinski definition) is 2. The van der Waals surface area contributed by atoms with Crippen molar-refractivity contribution in [3.63, 3.8) is 0 Å². The maximum absolute atomic E-state index is 13.2. The molecule has 3 amide bonds. The minimum atomic E-state index is -1.02. The molecule has 1 unspecified atom stereocenters. The topological polar surface area (TPSA) is 112 Å². The first kappa shape index (κ1) is 20.9. The zero-order chi connectivity index (χ0) is 21.9. The fourth-order valence-electron chi connectivity index (χ4n) is 2.99. The first-order valence-electron chi connectivity index (χ1n) is 9.39. The van der Waals surface area contributed by atoms with Crippen molar-refractivity contribution in [2.24, 2.45) is 0 Å². The first-order valence-corrected chi connectivity index (χ1v) is 9.39. The maximum Gasteiger partial charge on any atom is 0.408 e. The van der Waals surface area contributed by atoms with E-state index in [1.54, 1.807) is 69.3 Å². The van der Waals surface area contributed by atoms with Gasteiger partial charge in [0.15, 0.2) is 0 Å². The lowest BCUT2D eigenvalue weighted by molar-refractivity contribution is -0.117. The van der Waals surface area contributed by atoms with Crippen LogP contribution in [-0.4, -0.2) is 36.1 Å². The second kappa shape index (κ2) is 8.25. The molecule has 1 heterocycles. The highest BCUT2D eigenvalue weighted by molar-refractivity contribution is 6.11. The molecule has 8 nitrogen and oxygen atoms in total. The Morgan fingerprint density at radius 3 is 2.47 bits per heavy atom. The van der Waals surface area contributed by atoms with E-state index in [-0.39, 0.29) is 12.5 Å². The van der Waals surface area contributed by atoms with Gasteiger partial charge in [-0.05, 0) is 57.2 Å². The summed E-state index contributed by atoms with van der Waals surface area (Å²) in [5.74, 6) is -0.817. The van der Waals surface area contributed by atoms with Crippen LogP contribution in [0.25, 0.3) is 0 Å². The van der Waals surface area contributed by atoms with Gasteiger partial charge in [-0.15, -0.1) is 0 Å². The number of nitrogens with zero attached hydrogens (tertiary/aromatic N) is 2. The fraction of sp³-hybridized carbons (Fsp3) is 0.273. The lowest BCUT2D eigenvalue weighted by atomic mass is 10.1. The molecule has 3 rings (SSSR count). The zero-order valence-corrected chi connectivity index (χ0v) is 16.9. The maximum atomic E-state index is 13.2. The quantitative estimate of drug-likeness (QED) is 0.796. The van der Waals surface area contributed by atoms with Crippen molar-refractivity contribution in [1.82, 2.24) is 5.32 Å². The van der Waals surface area contributed by atoms with Gasteiger partial charge in [-0.25, -0.2) is 4.79 Å². The molecular formula is C22H22N4O4. The summed E-state index contributed by atoms with van der Waals surface area (Å²) in [7, 11) is 0. The third-order valence-electron chi connectivity index (χ3n) is 4.33. The Balaban J connectivity index is 1.92. The summed E-state index contributed by atoms with van der Waals surface area (Å²) < 4.78 is 5.25. The largest absolute Gasteiger partial charge is 0.444 e. The monoisotopic (exact) mass is 406 g/mol. The van der Waals surface area contributed by atoms with E-state index in [4.69, 9.17) is 10.00 Å². The summed E-state index contributed by atoms with van der Waals surface area (Å²) in [6.07, 6.45) is -0.751. The molecule has 1 atom stereocenters. The number of carbonyl (C=O) groups is 3. The molecule has 154 valence electrons. The van der Waals surface area contributed by atoms with Crippen molar-refractivity contribution in [3.8, 4) is 6.07 Å². The van der Waals surface area contributed by atoms with E-state index in [0.29, 0.717) is 22.5 Å². The summed E-state index contributed by atoms with van der Waals surface area (Å²) in [6.45, 7) is 5.07. The molecule has 8 heteroatoms. The van der Waals surface area contributed by atoms with E-state index >= 15 is 0 Å². The van der Waals surface area contributed by atoms with Crippen LogP contribution in [0.5, 0.6) is 0 Å². The van der Waals surface area contributed by atoms with Gasteiger partial charge in [0.25, 0.3) is 5.91 Å². The number of alkyl carbamates (subject to hydrolysis) is 1. The molecule has 0 saturated heterocycles. The first-order chi connectivity index (χ1) is 14.2. The van der Waals surface area contributed by atoms with E-state index in [1.165, 1.54) is 4.90 Å². The van der Waals surface area contributed by atoms with Crippen LogP contribution in [-0.2, 0) is 9.53 Å². The Kier molecular flexibility index (Phi) is 5.74. The predicted octanol–water partition coefficient (Wildman–Crippen LogP) is 3.05. The molecule has 0 fully saturated rings. The number of nitriles is 1. The minimum Gasteiger partial charge on any atom is -0.444 e. The van der Waals surface area contributed by atoms with Crippen LogP contribution in [0.2, 0.25) is 0 Å². The molecule has 1 aliphatic heterocycles. The number of anilines is 2. The SMILES string of the molecule is CC(C)(C)OC(=O)NC1CN(C(=O)c2ccc(C#N)cc2)c2ccccc2NC1=O. The van der Waals surface area contributed by atoms with Crippen LogP contribution in [0.3, 0.4) is 0 Å². The Morgan fingerprint density at radius 2 is 1.83 bits per heavy atom. The van der Waals surface area contributed by atoms with Gasteiger partial charge in [0.2, 0.25) is 5.91 Å². The van der Waals surface area contributed by atoms with Gasteiger partial charge < -0.3 is 20.3 Å². The Morgan fingerprint density at radius 1 is 1.17 bits per heavy atom. The van der Waals surface area contributed by atoms with E-state index in [1.807, 2.05) is 6.07 Å². The summed E-state index contributed by atoms with van der Waals surface area (Å²) in [5.41, 5.74) is 1.02. The Hall–Kier alpha value is -3.86. The highest BCUT2D eigenvalue weighted by Gasteiger charge is 2.33. The molecule has 2 aromatic carbocycles. The molecule has 1 aliphatic rings. The second-order valence-electron chi connectivity index (χ2n) is 7.81. The van der Waals surface area contributed by atoms with Crippen molar-refractivity contribution in [2.45, 2.75) is 32.4 Å². The van der Waals surface area contributed by atoms with Gasteiger partial charge in [0.1, 0.15) is 11.6 Å². The van der Waals surface area contributed by atoms with Gasteiger partial charge in [-0.1, -0.05) is 12.1 Å². The predicted molar refractivity (Wildman–Crippen MR) is 111 cm³/mol.